The van der Waals surface area contributed by atoms with Gasteiger partial charge >= 0.3 is 5.97 Å². The van der Waals surface area contributed by atoms with Crippen LogP contribution in [-0.2, 0) is 15.8 Å². The van der Waals surface area contributed by atoms with Crippen LogP contribution >= 0.6 is 0 Å². The minimum atomic E-state index is -3.55. The largest absolute Gasteiger partial charge is 0.478 e. The van der Waals surface area contributed by atoms with Gasteiger partial charge in [-0.3, -0.25) is 0 Å². The first-order valence-electron chi connectivity index (χ1n) is 5.77. The average Bonchev–Trinajstić information content (AvgIpc) is 2.27. The van der Waals surface area contributed by atoms with Crippen molar-refractivity contribution >= 4 is 16.0 Å². The normalized spacial score (nSPS) is 13.2. The van der Waals surface area contributed by atoms with Gasteiger partial charge in [-0.2, -0.15) is 0 Å². The number of carboxylic acid groups (broad SMARTS) is 1. The number of sulfonamides is 1. The number of aromatic carboxylic acids is 1. The third-order valence-corrected chi connectivity index (χ3v) is 3.95. The molecule has 1 aromatic rings. The van der Waals surface area contributed by atoms with Gasteiger partial charge in [0.05, 0.1) is 11.3 Å². The lowest BCUT2D eigenvalue weighted by Gasteiger charge is -2.13. The predicted molar refractivity (Wildman–Crippen MR) is 70.3 cm³/mol. The molecule has 0 aliphatic heterocycles. The molecule has 1 unspecified atom stereocenters. The highest BCUT2D eigenvalue weighted by Crippen LogP contribution is 2.09. The molecule has 0 saturated heterocycles. The maximum atomic E-state index is 11.8. The molecule has 3 N–H and O–H groups in total. The van der Waals surface area contributed by atoms with Gasteiger partial charge < -0.3 is 10.2 Å². The molecule has 0 spiro atoms. The van der Waals surface area contributed by atoms with Crippen molar-refractivity contribution in [3.05, 3.63) is 35.4 Å². The van der Waals surface area contributed by atoms with E-state index in [0.29, 0.717) is 12.0 Å². The van der Waals surface area contributed by atoms with E-state index < -0.39 is 16.0 Å². The van der Waals surface area contributed by atoms with E-state index in [2.05, 4.69) is 4.72 Å². The summed E-state index contributed by atoms with van der Waals surface area (Å²) in [6.45, 7) is 1.56. The van der Waals surface area contributed by atoms with Crippen LogP contribution in [-0.4, -0.2) is 37.2 Å². The number of hydrogen-bond donors (Lipinski definition) is 3. The van der Waals surface area contributed by atoms with E-state index in [0.717, 1.165) is 0 Å². The molecule has 1 aromatic carbocycles. The molecule has 0 aromatic heterocycles. The molecule has 7 heteroatoms. The number of carboxylic acids is 1. The van der Waals surface area contributed by atoms with E-state index >= 15 is 0 Å². The summed E-state index contributed by atoms with van der Waals surface area (Å²) in [5.41, 5.74) is 0.458. The lowest BCUT2D eigenvalue weighted by atomic mass is 10.1. The van der Waals surface area contributed by atoms with Crippen molar-refractivity contribution in [3.8, 4) is 0 Å². The number of rotatable bonds is 7. The first kappa shape index (κ1) is 15.6. The smallest absolute Gasteiger partial charge is 0.335 e. The fourth-order valence-electron chi connectivity index (χ4n) is 1.61. The van der Waals surface area contributed by atoms with Crippen LogP contribution in [0.4, 0.5) is 0 Å². The number of carbonyl (C=O) groups is 1. The van der Waals surface area contributed by atoms with E-state index in [1.165, 1.54) is 18.2 Å². The second-order valence-electron chi connectivity index (χ2n) is 4.30. The number of aliphatic hydroxyl groups excluding tert-OH is 1. The highest BCUT2D eigenvalue weighted by atomic mass is 32.2. The highest BCUT2D eigenvalue weighted by molar-refractivity contribution is 7.88. The van der Waals surface area contributed by atoms with Crippen molar-refractivity contribution < 1.29 is 23.4 Å². The fraction of sp³-hybridized carbons (Fsp3) is 0.417. The Morgan fingerprint density at radius 3 is 2.68 bits per heavy atom. The minimum Gasteiger partial charge on any atom is -0.478 e. The summed E-state index contributed by atoms with van der Waals surface area (Å²) < 4.78 is 26.1. The van der Waals surface area contributed by atoms with Gasteiger partial charge in [0.25, 0.3) is 0 Å². The molecule has 6 nitrogen and oxygen atoms in total. The minimum absolute atomic E-state index is 0.0520. The summed E-state index contributed by atoms with van der Waals surface area (Å²) in [7, 11) is -3.55. The van der Waals surface area contributed by atoms with Gasteiger partial charge in [0.2, 0.25) is 10.0 Å². The summed E-state index contributed by atoms with van der Waals surface area (Å²) in [6.07, 6.45) is 0.328. The molecule has 106 valence electrons. The van der Waals surface area contributed by atoms with E-state index in [1.807, 2.05) is 0 Å². The third kappa shape index (κ3) is 5.37. The van der Waals surface area contributed by atoms with E-state index in [-0.39, 0.29) is 24.0 Å². The molecule has 0 saturated carbocycles. The summed E-state index contributed by atoms with van der Waals surface area (Å²) in [5.74, 6) is -1.38. The van der Waals surface area contributed by atoms with Crippen LogP contribution in [0.5, 0.6) is 0 Å². The van der Waals surface area contributed by atoms with Gasteiger partial charge in [0, 0.05) is 12.6 Å². The van der Waals surface area contributed by atoms with Crippen LogP contribution in [0.2, 0.25) is 0 Å². The Bertz CT molecular complexity index is 541. The van der Waals surface area contributed by atoms with Crippen LogP contribution in [0.1, 0.15) is 29.3 Å². The SMILES string of the molecule is CC(CCO)NS(=O)(=O)Cc1cccc(C(=O)O)c1. The van der Waals surface area contributed by atoms with Gasteiger partial charge in [-0.25, -0.2) is 17.9 Å². The third-order valence-electron chi connectivity index (χ3n) is 2.47. The van der Waals surface area contributed by atoms with Crippen molar-refractivity contribution in [3.63, 3.8) is 0 Å². The van der Waals surface area contributed by atoms with Crippen LogP contribution in [0.15, 0.2) is 24.3 Å². The summed E-state index contributed by atoms with van der Waals surface area (Å²) in [4.78, 5) is 10.8. The number of benzene rings is 1. The van der Waals surface area contributed by atoms with Crippen LogP contribution in [0.25, 0.3) is 0 Å². The molecule has 0 heterocycles. The number of aliphatic hydroxyl groups is 1. The Hall–Kier alpha value is -1.44. The van der Waals surface area contributed by atoms with Crippen molar-refractivity contribution in [2.24, 2.45) is 0 Å². The van der Waals surface area contributed by atoms with Gasteiger partial charge in [0.1, 0.15) is 0 Å². The first-order chi connectivity index (χ1) is 8.84. The Morgan fingerprint density at radius 1 is 1.42 bits per heavy atom. The fourth-order valence-corrected chi connectivity index (χ4v) is 3.05. The Balaban J connectivity index is 2.78. The summed E-state index contributed by atoms with van der Waals surface area (Å²) >= 11 is 0. The maximum absolute atomic E-state index is 11.8. The Morgan fingerprint density at radius 2 is 2.11 bits per heavy atom. The number of hydrogen-bond acceptors (Lipinski definition) is 4. The molecule has 0 fully saturated rings. The van der Waals surface area contributed by atoms with Crippen LogP contribution in [0.3, 0.4) is 0 Å². The monoisotopic (exact) mass is 287 g/mol. The van der Waals surface area contributed by atoms with Gasteiger partial charge in [-0.05, 0) is 31.0 Å². The molecule has 19 heavy (non-hydrogen) atoms. The Labute approximate surface area is 112 Å². The molecule has 1 rings (SSSR count). The molecule has 1 atom stereocenters. The molecule has 0 aliphatic rings. The lowest BCUT2D eigenvalue weighted by Crippen LogP contribution is -2.34. The molecular weight excluding hydrogens is 270 g/mol. The van der Waals surface area contributed by atoms with Crippen molar-refractivity contribution in [1.29, 1.82) is 0 Å². The van der Waals surface area contributed by atoms with E-state index in [9.17, 15) is 13.2 Å². The van der Waals surface area contributed by atoms with Crippen molar-refractivity contribution in [2.75, 3.05) is 6.61 Å². The quantitative estimate of drug-likeness (QED) is 0.680. The van der Waals surface area contributed by atoms with Gasteiger partial charge in [-0.15, -0.1) is 0 Å². The number of nitrogens with one attached hydrogen (secondary N) is 1. The zero-order chi connectivity index (χ0) is 14.5. The Kier molecular flexibility index (Phi) is 5.46. The molecule has 0 bridgehead atoms. The second-order valence-corrected chi connectivity index (χ2v) is 6.05. The second kappa shape index (κ2) is 6.65. The van der Waals surface area contributed by atoms with Gasteiger partial charge in [0.15, 0.2) is 0 Å². The van der Waals surface area contributed by atoms with Crippen molar-refractivity contribution in [1.82, 2.24) is 4.72 Å². The van der Waals surface area contributed by atoms with Crippen LogP contribution in [0, 0.1) is 0 Å². The van der Waals surface area contributed by atoms with E-state index in [1.54, 1.807) is 13.0 Å². The zero-order valence-electron chi connectivity index (χ0n) is 10.5. The van der Waals surface area contributed by atoms with Crippen molar-refractivity contribution in [2.45, 2.75) is 25.1 Å². The molecule has 0 aliphatic carbocycles. The predicted octanol–water partition coefficient (Wildman–Crippen LogP) is 0.575. The maximum Gasteiger partial charge on any atom is 0.335 e. The first-order valence-corrected chi connectivity index (χ1v) is 7.42. The summed E-state index contributed by atoms with van der Waals surface area (Å²) in [6, 6.07) is 5.43. The summed E-state index contributed by atoms with van der Waals surface area (Å²) in [5, 5.41) is 17.6. The van der Waals surface area contributed by atoms with Crippen LogP contribution < -0.4 is 4.72 Å². The topological polar surface area (TPSA) is 104 Å². The van der Waals surface area contributed by atoms with Gasteiger partial charge in [-0.1, -0.05) is 12.1 Å². The van der Waals surface area contributed by atoms with E-state index in [4.69, 9.17) is 10.2 Å². The average molecular weight is 287 g/mol. The molecule has 0 amide bonds. The lowest BCUT2D eigenvalue weighted by molar-refractivity contribution is 0.0696. The molecule has 0 radical (unpaired) electrons. The standard InChI is InChI=1S/C12H17NO5S/c1-9(5-6-14)13-19(17,18)8-10-3-2-4-11(7-10)12(15)16/h2-4,7,9,13-14H,5-6,8H2,1H3,(H,15,16). The highest BCUT2D eigenvalue weighted by Gasteiger charge is 2.15. The molecular formula is C12H17NO5S. The zero-order valence-corrected chi connectivity index (χ0v) is 11.4.